The summed E-state index contributed by atoms with van der Waals surface area (Å²) in [6, 6.07) is 23.6. The molecule has 0 spiro atoms. The highest BCUT2D eigenvalue weighted by Crippen LogP contribution is 2.21. The molecule has 3 aromatic rings. The Kier molecular flexibility index (Phi) is 7.63. The number of benzene rings is 3. The number of amides is 2. The maximum absolute atomic E-state index is 12.9. The van der Waals surface area contributed by atoms with Crippen molar-refractivity contribution in [1.82, 2.24) is 5.32 Å². The highest BCUT2D eigenvalue weighted by Gasteiger charge is 2.11. The number of halogens is 1. The van der Waals surface area contributed by atoms with E-state index in [1.807, 2.05) is 49.4 Å². The largest absolute Gasteiger partial charge is 0.349 e. The van der Waals surface area contributed by atoms with Gasteiger partial charge < -0.3 is 10.6 Å². The van der Waals surface area contributed by atoms with Crippen molar-refractivity contribution in [3.63, 3.8) is 0 Å². The zero-order chi connectivity index (χ0) is 21.3. The van der Waals surface area contributed by atoms with E-state index in [4.69, 9.17) is 0 Å². The number of rotatable bonds is 8. The standard InChI is InChI=1S/C24H23FN2O2S/c1-17(18-7-9-20(10-8-18)19-5-3-2-4-6-19)26-23(28)15-30-16-24(29)27-22-13-11-21(25)12-14-22/h2-14,17H,15-16H2,1H3,(H,26,28)(H,27,29). The molecule has 2 amide bonds. The van der Waals surface area contributed by atoms with Crippen LogP contribution in [0.25, 0.3) is 11.1 Å². The second-order valence-corrected chi connectivity index (χ2v) is 7.81. The number of hydrogen-bond acceptors (Lipinski definition) is 3. The van der Waals surface area contributed by atoms with Crippen LogP contribution >= 0.6 is 11.8 Å². The van der Waals surface area contributed by atoms with Crippen LogP contribution in [0, 0.1) is 5.82 Å². The summed E-state index contributed by atoms with van der Waals surface area (Å²) in [5, 5.41) is 5.62. The Hall–Kier alpha value is -3.12. The number of thioether (sulfide) groups is 1. The van der Waals surface area contributed by atoms with Gasteiger partial charge >= 0.3 is 0 Å². The molecular weight excluding hydrogens is 399 g/mol. The topological polar surface area (TPSA) is 58.2 Å². The minimum absolute atomic E-state index is 0.129. The molecule has 6 heteroatoms. The molecule has 30 heavy (non-hydrogen) atoms. The maximum atomic E-state index is 12.9. The van der Waals surface area contributed by atoms with Crippen LogP contribution in [0.1, 0.15) is 18.5 Å². The van der Waals surface area contributed by atoms with Gasteiger partial charge in [-0.3, -0.25) is 9.59 Å². The molecule has 1 unspecified atom stereocenters. The first-order valence-electron chi connectivity index (χ1n) is 9.59. The normalized spacial score (nSPS) is 11.5. The van der Waals surface area contributed by atoms with Crippen molar-refractivity contribution in [3.8, 4) is 11.1 Å². The quantitative estimate of drug-likeness (QED) is 0.535. The Morgan fingerprint density at radius 2 is 1.43 bits per heavy atom. The van der Waals surface area contributed by atoms with E-state index in [1.54, 1.807) is 0 Å². The molecular formula is C24H23FN2O2S. The molecule has 154 valence electrons. The van der Waals surface area contributed by atoms with E-state index in [9.17, 15) is 14.0 Å². The average molecular weight is 423 g/mol. The average Bonchev–Trinajstić information content (AvgIpc) is 2.76. The Morgan fingerprint density at radius 1 is 0.833 bits per heavy atom. The first-order chi connectivity index (χ1) is 14.5. The first-order valence-corrected chi connectivity index (χ1v) is 10.7. The molecule has 0 radical (unpaired) electrons. The third kappa shape index (κ3) is 6.46. The lowest BCUT2D eigenvalue weighted by Crippen LogP contribution is -2.28. The fourth-order valence-electron chi connectivity index (χ4n) is 2.93. The van der Waals surface area contributed by atoms with Gasteiger partial charge in [-0.05, 0) is 47.9 Å². The summed E-state index contributed by atoms with van der Waals surface area (Å²) in [6.07, 6.45) is 0. The molecule has 0 aliphatic carbocycles. The minimum atomic E-state index is -0.358. The van der Waals surface area contributed by atoms with E-state index in [1.165, 1.54) is 36.0 Å². The van der Waals surface area contributed by atoms with Crippen LogP contribution in [0.3, 0.4) is 0 Å². The zero-order valence-electron chi connectivity index (χ0n) is 16.6. The van der Waals surface area contributed by atoms with Gasteiger partial charge in [0.05, 0.1) is 17.5 Å². The van der Waals surface area contributed by atoms with Gasteiger partial charge in [0, 0.05) is 5.69 Å². The van der Waals surface area contributed by atoms with E-state index in [0.29, 0.717) is 5.69 Å². The number of carbonyl (C=O) groups is 2. The summed E-state index contributed by atoms with van der Waals surface area (Å²) in [5.74, 6) is -0.394. The molecule has 0 saturated carbocycles. The highest BCUT2D eigenvalue weighted by molar-refractivity contribution is 8.00. The summed E-state index contributed by atoms with van der Waals surface area (Å²) in [7, 11) is 0. The summed E-state index contributed by atoms with van der Waals surface area (Å²) < 4.78 is 12.9. The molecule has 2 N–H and O–H groups in total. The SMILES string of the molecule is CC(NC(=O)CSCC(=O)Nc1ccc(F)cc1)c1ccc(-c2ccccc2)cc1. The van der Waals surface area contributed by atoms with Gasteiger partial charge in [-0.15, -0.1) is 11.8 Å². The van der Waals surface area contributed by atoms with Gasteiger partial charge in [0.2, 0.25) is 11.8 Å². The van der Waals surface area contributed by atoms with E-state index < -0.39 is 0 Å². The second-order valence-electron chi connectivity index (χ2n) is 6.83. The summed E-state index contributed by atoms with van der Waals surface area (Å²) >= 11 is 1.23. The van der Waals surface area contributed by atoms with Crippen molar-refractivity contribution < 1.29 is 14.0 Å². The molecule has 3 aromatic carbocycles. The predicted octanol–water partition coefficient (Wildman–Crippen LogP) is 5.04. The first kappa shape index (κ1) is 21.6. The summed E-state index contributed by atoms with van der Waals surface area (Å²) in [4.78, 5) is 24.1. The van der Waals surface area contributed by atoms with Crippen LogP contribution in [-0.2, 0) is 9.59 Å². The van der Waals surface area contributed by atoms with Crippen LogP contribution in [0.2, 0.25) is 0 Å². The lowest BCUT2D eigenvalue weighted by Gasteiger charge is -2.15. The van der Waals surface area contributed by atoms with Crippen LogP contribution in [0.5, 0.6) is 0 Å². The monoisotopic (exact) mass is 422 g/mol. The zero-order valence-corrected chi connectivity index (χ0v) is 17.4. The number of hydrogen-bond donors (Lipinski definition) is 2. The van der Waals surface area contributed by atoms with Gasteiger partial charge in [0.15, 0.2) is 0 Å². The molecule has 0 aromatic heterocycles. The molecule has 0 heterocycles. The molecule has 1 atom stereocenters. The Balaban J connectivity index is 1.42. The number of anilines is 1. The van der Waals surface area contributed by atoms with Gasteiger partial charge in [-0.1, -0.05) is 54.6 Å². The van der Waals surface area contributed by atoms with Crippen LogP contribution < -0.4 is 10.6 Å². The molecule has 0 aliphatic heterocycles. The molecule has 4 nitrogen and oxygen atoms in total. The van der Waals surface area contributed by atoms with Gasteiger partial charge in [0.1, 0.15) is 5.82 Å². The predicted molar refractivity (Wildman–Crippen MR) is 121 cm³/mol. The Labute approximate surface area is 179 Å². The number of nitrogens with one attached hydrogen (secondary N) is 2. The molecule has 0 bridgehead atoms. The molecule has 0 fully saturated rings. The maximum Gasteiger partial charge on any atom is 0.234 e. The fraction of sp³-hybridized carbons (Fsp3) is 0.167. The third-order valence-electron chi connectivity index (χ3n) is 4.49. The molecule has 0 saturated heterocycles. The van der Waals surface area contributed by atoms with Crippen molar-refractivity contribution in [3.05, 3.63) is 90.2 Å². The van der Waals surface area contributed by atoms with Gasteiger partial charge in [-0.2, -0.15) is 0 Å². The van der Waals surface area contributed by atoms with Crippen molar-refractivity contribution in [2.75, 3.05) is 16.8 Å². The summed E-state index contributed by atoms with van der Waals surface area (Å²) in [5.41, 5.74) is 3.82. The van der Waals surface area contributed by atoms with Gasteiger partial charge in [0.25, 0.3) is 0 Å². The third-order valence-corrected chi connectivity index (χ3v) is 5.42. The fourth-order valence-corrected chi connectivity index (χ4v) is 3.56. The Bertz CT molecular complexity index is 976. The molecule has 0 aliphatic rings. The smallest absolute Gasteiger partial charge is 0.234 e. The van der Waals surface area contributed by atoms with Crippen LogP contribution in [-0.4, -0.2) is 23.3 Å². The lowest BCUT2D eigenvalue weighted by atomic mass is 10.0. The van der Waals surface area contributed by atoms with Crippen LogP contribution in [0.15, 0.2) is 78.9 Å². The minimum Gasteiger partial charge on any atom is -0.349 e. The molecule has 3 rings (SSSR count). The van der Waals surface area contributed by atoms with E-state index in [-0.39, 0.29) is 35.2 Å². The summed E-state index contributed by atoms with van der Waals surface area (Å²) in [6.45, 7) is 1.93. The van der Waals surface area contributed by atoms with Crippen molar-refractivity contribution in [2.24, 2.45) is 0 Å². The van der Waals surface area contributed by atoms with E-state index >= 15 is 0 Å². The second kappa shape index (κ2) is 10.6. The lowest BCUT2D eigenvalue weighted by molar-refractivity contribution is -0.119. The van der Waals surface area contributed by atoms with Crippen molar-refractivity contribution in [1.29, 1.82) is 0 Å². The number of carbonyl (C=O) groups excluding carboxylic acids is 2. The van der Waals surface area contributed by atoms with Crippen molar-refractivity contribution in [2.45, 2.75) is 13.0 Å². The van der Waals surface area contributed by atoms with Crippen LogP contribution in [0.4, 0.5) is 10.1 Å². The highest BCUT2D eigenvalue weighted by atomic mass is 32.2. The van der Waals surface area contributed by atoms with Crippen molar-refractivity contribution >= 4 is 29.3 Å². The van der Waals surface area contributed by atoms with E-state index in [0.717, 1.165) is 16.7 Å². The van der Waals surface area contributed by atoms with E-state index in [2.05, 4.69) is 22.8 Å². The Morgan fingerprint density at radius 3 is 2.10 bits per heavy atom. The van der Waals surface area contributed by atoms with Gasteiger partial charge in [-0.25, -0.2) is 4.39 Å².